The monoisotopic (exact) mass is 471 g/mol. The summed E-state index contributed by atoms with van der Waals surface area (Å²) in [5.74, 6) is 1.13. The van der Waals surface area contributed by atoms with Crippen LogP contribution in [-0.2, 0) is 24.2 Å². The number of unbranched alkanes of at least 4 members (excludes halogenated alkanes) is 2. The second-order valence-corrected chi connectivity index (χ2v) is 8.78. The molecular weight excluding hydrogens is 442 g/mol. The molecule has 0 aliphatic heterocycles. The minimum atomic E-state index is 0.0140. The number of rotatable bonds is 11. The number of allylic oxidation sites excluding steroid dienone is 1. The molecule has 1 aromatic heterocycles. The van der Waals surface area contributed by atoms with Crippen LogP contribution in [0.4, 0.5) is 0 Å². The summed E-state index contributed by atoms with van der Waals surface area (Å²) in [5.41, 5.74) is 4.27. The van der Waals surface area contributed by atoms with E-state index in [4.69, 9.17) is 16.6 Å². The molecule has 0 unspecified atom stereocenters. The van der Waals surface area contributed by atoms with Gasteiger partial charge in [-0.15, -0.1) is 0 Å². The molecule has 34 heavy (non-hydrogen) atoms. The third-order valence-electron chi connectivity index (χ3n) is 5.84. The number of fused-ring (bicyclic) bond motifs is 1. The molecule has 1 N–H and O–H groups in total. The Morgan fingerprint density at radius 1 is 0.912 bits per heavy atom. The van der Waals surface area contributed by atoms with Crippen LogP contribution in [0.1, 0.15) is 36.2 Å². The molecular formula is C29H30ClN3O. The lowest BCUT2D eigenvalue weighted by Crippen LogP contribution is -2.26. The van der Waals surface area contributed by atoms with E-state index in [1.807, 2.05) is 36.4 Å². The van der Waals surface area contributed by atoms with Crippen molar-refractivity contribution in [2.24, 2.45) is 0 Å². The van der Waals surface area contributed by atoms with E-state index >= 15 is 0 Å². The van der Waals surface area contributed by atoms with Crippen LogP contribution < -0.4 is 5.32 Å². The van der Waals surface area contributed by atoms with Crippen molar-refractivity contribution in [1.29, 1.82) is 0 Å². The number of carbonyl (C=O) groups excluding carboxylic acids is 1. The number of nitrogens with zero attached hydrogens (tertiary/aromatic N) is 2. The molecule has 0 bridgehead atoms. The first kappa shape index (κ1) is 23.8. The van der Waals surface area contributed by atoms with E-state index in [-0.39, 0.29) is 5.91 Å². The lowest BCUT2D eigenvalue weighted by molar-refractivity contribution is -0.120. The summed E-state index contributed by atoms with van der Waals surface area (Å²) in [5, 5.41) is 3.64. The zero-order valence-corrected chi connectivity index (χ0v) is 20.0. The van der Waals surface area contributed by atoms with Crippen LogP contribution in [-0.4, -0.2) is 22.0 Å². The summed E-state index contributed by atoms with van der Waals surface area (Å²) in [6.45, 7) is 1.47. The highest BCUT2D eigenvalue weighted by molar-refractivity contribution is 6.31. The Hall–Kier alpha value is -3.37. The molecule has 0 saturated heterocycles. The number of benzene rings is 3. The van der Waals surface area contributed by atoms with Gasteiger partial charge in [0, 0.05) is 24.5 Å². The van der Waals surface area contributed by atoms with Gasteiger partial charge in [-0.2, -0.15) is 0 Å². The van der Waals surface area contributed by atoms with E-state index in [1.54, 1.807) is 0 Å². The van der Waals surface area contributed by atoms with E-state index in [0.29, 0.717) is 18.0 Å². The average molecular weight is 472 g/mol. The van der Waals surface area contributed by atoms with Gasteiger partial charge in [-0.05, 0) is 42.2 Å². The van der Waals surface area contributed by atoms with Crippen molar-refractivity contribution < 1.29 is 4.79 Å². The molecule has 0 aliphatic rings. The van der Waals surface area contributed by atoms with E-state index in [1.165, 1.54) is 11.1 Å². The molecule has 0 radical (unpaired) electrons. The van der Waals surface area contributed by atoms with Crippen molar-refractivity contribution in [3.63, 3.8) is 0 Å². The molecule has 4 rings (SSSR count). The number of carbonyl (C=O) groups is 1. The van der Waals surface area contributed by atoms with Gasteiger partial charge in [0.15, 0.2) is 0 Å². The number of nitrogens with one attached hydrogen (secondary N) is 1. The summed E-state index contributed by atoms with van der Waals surface area (Å²) < 4.78 is 2.31. The highest BCUT2D eigenvalue weighted by Crippen LogP contribution is 2.19. The van der Waals surface area contributed by atoms with E-state index in [0.717, 1.165) is 49.1 Å². The van der Waals surface area contributed by atoms with Gasteiger partial charge < -0.3 is 9.88 Å². The van der Waals surface area contributed by atoms with Crippen molar-refractivity contribution in [2.45, 2.75) is 38.6 Å². The number of aryl methyl sites for hydroxylation is 1. The Kier molecular flexibility index (Phi) is 8.53. The van der Waals surface area contributed by atoms with Gasteiger partial charge in [-0.25, -0.2) is 4.98 Å². The Bertz CT molecular complexity index is 1250. The van der Waals surface area contributed by atoms with Crippen molar-refractivity contribution >= 4 is 34.6 Å². The summed E-state index contributed by atoms with van der Waals surface area (Å²) in [4.78, 5) is 17.1. The molecule has 174 valence electrons. The zero-order valence-electron chi connectivity index (χ0n) is 19.3. The van der Waals surface area contributed by atoms with Crippen LogP contribution in [0.2, 0.25) is 5.02 Å². The fourth-order valence-electron chi connectivity index (χ4n) is 4.07. The molecule has 0 aliphatic carbocycles. The quantitative estimate of drug-likeness (QED) is 0.255. The maximum absolute atomic E-state index is 12.2. The molecule has 4 aromatic rings. The first-order valence-electron chi connectivity index (χ1n) is 11.9. The third-order valence-corrected chi connectivity index (χ3v) is 6.21. The molecule has 0 saturated carbocycles. The van der Waals surface area contributed by atoms with Gasteiger partial charge in [-0.3, -0.25) is 4.79 Å². The van der Waals surface area contributed by atoms with E-state index < -0.39 is 0 Å². The van der Waals surface area contributed by atoms with Crippen molar-refractivity contribution in [3.8, 4) is 0 Å². The molecule has 0 spiro atoms. The Labute approximate surface area is 206 Å². The highest BCUT2D eigenvalue weighted by Gasteiger charge is 2.09. The van der Waals surface area contributed by atoms with Gasteiger partial charge in [0.2, 0.25) is 5.91 Å². The van der Waals surface area contributed by atoms with E-state index in [2.05, 4.69) is 64.5 Å². The number of imidazole rings is 1. The van der Waals surface area contributed by atoms with Crippen LogP contribution >= 0.6 is 11.6 Å². The lowest BCUT2D eigenvalue weighted by Gasteiger charge is -2.08. The van der Waals surface area contributed by atoms with Gasteiger partial charge in [0.1, 0.15) is 5.82 Å². The molecule has 5 heteroatoms. The molecule has 1 heterocycles. The smallest absolute Gasteiger partial charge is 0.224 e. The highest BCUT2D eigenvalue weighted by atomic mass is 35.5. The van der Waals surface area contributed by atoms with Crippen molar-refractivity contribution in [3.05, 3.63) is 107 Å². The van der Waals surface area contributed by atoms with Crippen LogP contribution in [0.5, 0.6) is 0 Å². The number of para-hydroxylation sites is 2. The normalized spacial score (nSPS) is 11.3. The van der Waals surface area contributed by atoms with Gasteiger partial charge >= 0.3 is 0 Å². The van der Waals surface area contributed by atoms with Crippen LogP contribution in [0.15, 0.2) is 84.9 Å². The minimum absolute atomic E-state index is 0.0140. The van der Waals surface area contributed by atoms with Gasteiger partial charge in [0.25, 0.3) is 0 Å². The summed E-state index contributed by atoms with van der Waals surface area (Å²) in [6, 6.07) is 26.1. The third kappa shape index (κ3) is 6.58. The van der Waals surface area contributed by atoms with Gasteiger partial charge in [-0.1, -0.05) is 90.8 Å². The first-order chi connectivity index (χ1) is 16.7. The van der Waals surface area contributed by atoms with Crippen molar-refractivity contribution in [1.82, 2.24) is 14.9 Å². The standard InChI is InChI=1S/C29H30ClN3O/c30-25-16-7-6-15-24(25)22-29(34)31-20-10-2-5-19-28-32-26-17-8-9-18-27(26)33(28)21-11-14-23-12-3-1-4-13-23/h1,3-4,6-9,11-18H,2,5,10,19-22H2,(H,31,34)/b14-11+. The maximum Gasteiger partial charge on any atom is 0.224 e. The SMILES string of the molecule is O=C(Cc1ccccc1Cl)NCCCCCc1nc2ccccc2n1C/C=C/c1ccccc1. The predicted octanol–water partition coefficient (Wildman–Crippen LogP) is 6.47. The maximum atomic E-state index is 12.2. The molecule has 4 nitrogen and oxygen atoms in total. The number of halogens is 1. The lowest BCUT2D eigenvalue weighted by atomic mass is 10.1. The van der Waals surface area contributed by atoms with Crippen LogP contribution in [0.3, 0.4) is 0 Å². The second-order valence-electron chi connectivity index (χ2n) is 8.37. The largest absolute Gasteiger partial charge is 0.356 e. The Morgan fingerprint density at radius 2 is 1.68 bits per heavy atom. The number of aromatic nitrogens is 2. The Balaban J connectivity index is 1.26. The average Bonchev–Trinajstić information content (AvgIpc) is 3.21. The second kappa shape index (κ2) is 12.2. The summed E-state index contributed by atoms with van der Waals surface area (Å²) >= 11 is 6.14. The van der Waals surface area contributed by atoms with Crippen molar-refractivity contribution in [2.75, 3.05) is 6.54 Å². The van der Waals surface area contributed by atoms with Crippen LogP contribution in [0.25, 0.3) is 17.1 Å². The number of hydrogen-bond donors (Lipinski definition) is 1. The fraction of sp³-hybridized carbons (Fsp3) is 0.241. The van der Waals surface area contributed by atoms with Gasteiger partial charge in [0.05, 0.1) is 17.5 Å². The number of hydrogen-bond acceptors (Lipinski definition) is 2. The number of amides is 1. The zero-order chi connectivity index (χ0) is 23.6. The predicted molar refractivity (Wildman–Crippen MR) is 141 cm³/mol. The molecule has 1 amide bonds. The topological polar surface area (TPSA) is 46.9 Å². The molecule has 0 atom stereocenters. The molecule has 0 fully saturated rings. The molecule has 3 aromatic carbocycles. The Morgan fingerprint density at radius 3 is 2.53 bits per heavy atom. The first-order valence-corrected chi connectivity index (χ1v) is 12.2. The summed E-state index contributed by atoms with van der Waals surface area (Å²) in [6.07, 6.45) is 8.61. The fourth-order valence-corrected chi connectivity index (χ4v) is 4.27. The van der Waals surface area contributed by atoms with E-state index in [9.17, 15) is 4.79 Å². The minimum Gasteiger partial charge on any atom is -0.356 e. The van der Waals surface area contributed by atoms with Crippen LogP contribution in [0, 0.1) is 0 Å². The summed E-state index contributed by atoms with van der Waals surface area (Å²) in [7, 11) is 0.